The Morgan fingerprint density at radius 1 is 1.10 bits per heavy atom. The van der Waals surface area contributed by atoms with Crippen LogP contribution in [0.1, 0.15) is 25.3 Å². The molecule has 0 bridgehead atoms. The van der Waals surface area contributed by atoms with Gasteiger partial charge in [0.25, 0.3) is 0 Å². The van der Waals surface area contributed by atoms with Crippen LogP contribution in [0.3, 0.4) is 0 Å². The minimum Gasteiger partial charge on any atom is -0.380 e. The van der Waals surface area contributed by atoms with Crippen molar-refractivity contribution in [2.75, 3.05) is 13.6 Å². The molecule has 2 aromatic heterocycles. The van der Waals surface area contributed by atoms with Crippen LogP contribution in [-0.4, -0.2) is 28.5 Å². The van der Waals surface area contributed by atoms with Crippen molar-refractivity contribution >= 4 is 5.57 Å². The lowest BCUT2D eigenvalue weighted by Gasteiger charge is -2.15. The summed E-state index contributed by atoms with van der Waals surface area (Å²) in [6.45, 7) is 7.07. The molecule has 0 unspecified atom stereocenters. The Labute approximate surface area is 176 Å². The summed E-state index contributed by atoms with van der Waals surface area (Å²) in [5.74, 6) is -1.02. The highest BCUT2D eigenvalue weighted by molar-refractivity contribution is 5.77. The van der Waals surface area contributed by atoms with Gasteiger partial charge in [-0.3, -0.25) is 9.97 Å². The van der Waals surface area contributed by atoms with Gasteiger partial charge in [-0.1, -0.05) is 26.0 Å². The summed E-state index contributed by atoms with van der Waals surface area (Å²) in [6.07, 6.45) is 11.2. The molecule has 3 aromatic rings. The summed E-state index contributed by atoms with van der Waals surface area (Å²) < 4.78 is 27.8. The van der Waals surface area contributed by atoms with E-state index in [1.165, 1.54) is 0 Å². The van der Waals surface area contributed by atoms with Crippen LogP contribution in [0.5, 0.6) is 0 Å². The van der Waals surface area contributed by atoms with Crippen LogP contribution in [0.15, 0.2) is 73.8 Å². The molecule has 5 heteroatoms. The third kappa shape index (κ3) is 5.17. The van der Waals surface area contributed by atoms with Gasteiger partial charge in [-0.05, 0) is 54.0 Å². The zero-order valence-electron chi connectivity index (χ0n) is 17.3. The van der Waals surface area contributed by atoms with E-state index >= 15 is 0 Å². The van der Waals surface area contributed by atoms with Gasteiger partial charge in [-0.15, -0.1) is 0 Å². The molecule has 0 N–H and O–H groups in total. The Bertz CT molecular complexity index is 1060. The van der Waals surface area contributed by atoms with Crippen LogP contribution in [0.25, 0.3) is 28.0 Å². The molecule has 30 heavy (non-hydrogen) atoms. The van der Waals surface area contributed by atoms with E-state index in [-0.39, 0.29) is 5.56 Å². The van der Waals surface area contributed by atoms with Crippen molar-refractivity contribution < 1.29 is 8.78 Å². The van der Waals surface area contributed by atoms with Crippen molar-refractivity contribution in [1.29, 1.82) is 0 Å². The highest BCUT2D eigenvalue weighted by Gasteiger charge is 2.10. The fourth-order valence-corrected chi connectivity index (χ4v) is 3.16. The van der Waals surface area contributed by atoms with Gasteiger partial charge < -0.3 is 4.90 Å². The molecule has 3 nitrogen and oxygen atoms in total. The highest BCUT2D eigenvalue weighted by Crippen LogP contribution is 2.28. The first-order valence-electron chi connectivity index (χ1n) is 9.93. The Balaban J connectivity index is 1.95. The number of nitrogens with zero attached hydrogens (tertiary/aromatic N) is 3. The lowest BCUT2D eigenvalue weighted by molar-refractivity contribution is 0.443. The van der Waals surface area contributed by atoms with E-state index in [1.807, 2.05) is 25.3 Å². The molecule has 0 radical (unpaired) electrons. The van der Waals surface area contributed by atoms with Gasteiger partial charge in [0, 0.05) is 55.1 Å². The molecule has 0 aliphatic heterocycles. The molecule has 0 aliphatic rings. The summed E-state index contributed by atoms with van der Waals surface area (Å²) in [7, 11) is 2.04. The third-order valence-electron chi connectivity index (χ3n) is 4.81. The zero-order chi connectivity index (χ0) is 21.5. The first-order chi connectivity index (χ1) is 14.5. The van der Waals surface area contributed by atoms with Gasteiger partial charge in [0.15, 0.2) is 0 Å². The van der Waals surface area contributed by atoms with Gasteiger partial charge in [-0.25, -0.2) is 8.78 Å². The number of unbranched alkanes of at least 4 members (excludes halogenated alkanes) is 1. The second-order valence-electron chi connectivity index (χ2n) is 7.14. The second kappa shape index (κ2) is 9.92. The van der Waals surface area contributed by atoms with Gasteiger partial charge >= 0.3 is 0 Å². The predicted octanol–water partition coefficient (Wildman–Crippen LogP) is 6.35. The second-order valence-corrected chi connectivity index (χ2v) is 7.14. The van der Waals surface area contributed by atoms with Crippen molar-refractivity contribution in [3.63, 3.8) is 0 Å². The van der Waals surface area contributed by atoms with Crippen molar-refractivity contribution in [3.8, 4) is 22.4 Å². The molecule has 0 saturated carbocycles. The maximum absolute atomic E-state index is 14.2. The molecule has 0 fully saturated rings. The smallest absolute Gasteiger partial charge is 0.132 e. The molecule has 3 rings (SSSR count). The number of benzene rings is 1. The fraction of sp³-hybridized carbons (Fsp3) is 0.200. The van der Waals surface area contributed by atoms with Gasteiger partial charge in [0.05, 0.1) is 5.69 Å². The van der Waals surface area contributed by atoms with Crippen LogP contribution < -0.4 is 0 Å². The standard InChI is InChI=1S/C25H25F2N3/c1-4-6-11-30(3)17-18(5-2)20-12-21(16-28-15-20)19-9-10-29-25(13-19)23-14-22(26)7-8-24(23)27/h5,7-10,12-17H,2,4,6,11H2,1,3H3/b18-17+. The number of hydrogen-bond acceptors (Lipinski definition) is 3. The SMILES string of the molecule is C=C/C(=C\N(C)CCCC)c1cncc(-c2ccnc(-c3cc(F)ccc3F)c2)c1. The average Bonchev–Trinajstić information content (AvgIpc) is 2.77. The van der Waals surface area contributed by atoms with Gasteiger partial charge in [0.2, 0.25) is 0 Å². The highest BCUT2D eigenvalue weighted by atomic mass is 19.1. The summed E-state index contributed by atoms with van der Waals surface area (Å²) in [4.78, 5) is 10.7. The largest absolute Gasteiger partial charge is 0.380 e. The van der Waals surface area contributed by atoms with Crippen LogP contribution in [0.2, 0.25) is 0 Å². The number of hydrogen-bond donors (Lipinski definition) is 0. The number of aromatic nitrogens is 2. The number of allylic oxidation sites excluding steroid dienone is 2. The lowest BCUT2D eigenvalue weighted by Crippen LogP contribution is -2.12. The van der Waals surface area contributed by atoms with Gasteiger partial charge in [0.1, 0.15) is 11.6 Å². The van der Waals surface area contributed by atoms with E-state index in [2.05, 4.69) is 34.6 Å². The summed E-state index contributed by atoms with van der Waals surface area (Å²) in [5.41, 5.74) is 4.08. The minimum absolute atomic E-state index is 0.130. The Morgan fingerprint density at radius 2 is 1.93 bits per heavy atom. The first-order valence-corrected chi connectivity index (χ1v) is 9.93. The van der Waals surface area contributed by atoms with Crippen molar-refractivity contribution in [1.82, 2.24) is 14.9 Å². The third-order valence-corrected chi connectivity index (χ3v) is 4.81. The van der Waals surface area contributed by atoms with Crippen LogP contribution >= 0.6 is 0 Å². The van der Waals surface area contributed by atoms with Crippen molar-refractivity contribution in [2.24, 2.45) is 0 Å². The van der Waals surface area contributed by atoms with Crippen LogP contribution in [-0.2, 0) is 0 Å². The normalized spacial score (nSPS) is 11.4. The molecule has 1 aromatic carbocycles. The molecule has 0 saturated heterocycles. The Kier molecular flexibility index (Phi) is 7.07. The van der Waals surface area contributed by atoms with E-state index < -0.39 is 11.6 Å². The lowest BCUT2D eigenvalue weighted by atomic mass is 10.0. The minimum atomic E-state index is -0.514. The Morgan fingerprint density at radius 3 is 2.70 bits per heavy atom. The zero-order valence-corrected chi connectivity index (χ0v) is 17.3. The quantitative estimate of drug-likeness (QED) is 0.409. The molecule has 0 atom stereocenters. The topological polar surface area (TPSA) is 29.0 Å². The Hall–Kier alpha value is -3.34. The number of halogens is 2. The number of rotatable bonds is 8. The van der Waals surface area contributed by atoms with E-state index in [0.717, 1.165) is 59.8 Å². The molecular weight excluding hydrogens is 380 g/mol. The molecule has 0 aliphatic carbocycles. The predicted molar refractivity (Wildman–Crippen MR) is 119 cm³/mol. The maximum Gasteiger partial charge on any atom is 0.132 e. The van der Waals surface area contributed by atoms with E-state index in [0.29, 0.717) is 5.69 Å². The molecule has 0 amide bonds. The van der Waals surface area contributed by atoms with Gasteiger partial charge in [-0.2, -0.15) is 0 Å². The van der Waals surface area contributed by atoms with E-state index in [1.54, 1.807) is 24.7 Å². The first kappa shape index (κ1) is 21.4. The average molecular weight is 405 g/mol. The molecule has 2 heterocycles. The summed E-state index contributed by atoms with van der Waals surface area (Å²) >= 11 is 0. The van der Waals surface area contributed by atoms with Crippen LogP contribution in [0, 0.1) is 11.6 Å². The monoisotopic (exact) mass is 405 g/mol. The molecule has 0 spiro atoms. The summed E-state index contributed by atoms with van der Waals surface area (Å²) in [5, 5.41) is 0. The van der Waals surface area contributed by atoms with E-state index in [4.69, 9.17) is 0 Å². The number of pyridine rings is 2. The maximum atomic E-state index is 14.2. The van der Waals surface area contributed by atoms with Crippen molar-refractivity contribution in [3.05, 3.63) is 91.0 Å². The fourth-order valence-electron chi connectivity index (χ4n) is 3.16. The van der Waals surface area contributed by atoms with Crippen molar-refractivity contribution in [2.45, 2.75) is 19.8 Å². The molecule has 154 valence electrons. The van der Waals surface area contributed by atoms with E-state index in [9.17, 15) is 8.78 Å². The van der Waals surface area contributed by atoms with Crippen LogP contribution in [0.4, 0.5) is 8.78 Å². The molecular formula is C25H25F2N3. The summed E-state index contributed by atoms with van der Waals surface area (Å²) in [6, 6.07) is 8.93.